The molecule has 0 aromatic heterocycles. The highest BCUT2D eigenvalue weighted by atomic mass is 32.2. The second kappa shape index (κ2) is 6.46. The van der Waals surface area contributed by atoms with Crippen LogP contribution in [0.5, 0.6) is 0 Å². The molecule has 1 heterocycles. The van der Waals surface area contributed by atoms with Crippen molar-refractivity contribution in [3.05, 3.63) is 58.7 Å². The third kappa shape index (κ3) is 3.40. The van der Waals surface area contributed by atoms with Gasteiger partial charge in [0.25, 0.3) is 0 Å². The monoisotopic (exact) mass is 328 g/mol. The van der Waals surface area contributed by atoms with E-state index in [1.807, 2.05) is 18.2 Å². The standard InChI is InChI=1S/C18H16O4S/c19-16(20)9-8-13-3-1-2-12-6-4-11-5-7-14(18(21)22)10-15(11)23-17(12)13/h1-3,5,7,10H,4,6,8-9H2,(H,19,20)(H,21,22). The van der Waals surface area contributed by atoms with Gasteiger partial charge in [0, 0.05) is 16.2 Å². The van der Waals surface area contributed by atoms with Gasteiger partial charge in [0.1, 0.15) is 0 Å². The molecule has 0 aliphatic carbocycles. The van der Waals surface area contributed by atoms with Crippen molar-refractivity contribution in [2.75, 3.05) is 0 Å². The first-order chi connectivity index (χ1) is 11.0. The van der Waals surface area contributed by atoms with Crippen LogP contribution < -0.4 is 0 Å². The van der Waals surface area contributed by atoms with Crippen molar-refractivity contribution in [2.45, 2.75) is 35.5 Å². The Morgan fingerprint density at radius 1 is 1.04 bits per heavy atom. The van der Waals surface area contributed by atoms with Crippen LogP contribution in [0.4, 0.5) is 0 Å². The lowest BCUT2D eigenvalue weighted by molar-refractivity contribution is -0.136. The summed E-state index contributed by atoms with van der Waals surface area (Å²) in [6.45, 7) is 0. The number of hydrogen-bond acceptors (Lipinski definition) is 3. The number of benzene rings is 2. The molecule has 0 unspecified atom stereocenters. The molecule has 2 aromatic rings. The lowest BCUT2D eigenvalue weighted by Gasteiger charge is -2.12. The highest BCUT2D eigenvalue weighted by molar-refractivity contribution is 7.99. The van der Waals surface area contributed by atoms with E-state index < -0.39 is 11.9 Å². The summed E-state index contributed by atoms with van der Waals surface area (Å²) in [6, 6.07) is 11.2. The molecule has 2 N–H and O–H groups in total. The van der Waals surface area contributed by atoms with Crippen molar-refractivity contribution in [3.8, 4) is 0 Å². The summed E-state index contributed by atoms with van der Waals surface area (Å²) in [5.74, 6) is -1.74. The van der Waals surface area contributed by atoms with Crippen molar-refractivity contribution in [2.24, 2.45) is 0 Å². The number of carbonyl (C=O) groups is 2. The van der Waals surface area contributed by atoms with Gasteiger partial charge in [-0.15, -0.1) is 0 Å². The smallest absolute Gasteiger partial charge is 0.335 e. The van der Waals surface area contributed by atoms with E-state index in [9.17, 15) is 14.7 Å². The third-order valence-electron chi connectivity index (χ3n) is 3.98. The second-order valence-electron chi connectivity index (χ2n) is 5.53. The van der Waals surface area contributed by atoms with Gasteiger partial charge >= 0.3 is 11.9 Å². The molecular weight excluding hydrogens is 312 g/mol. The van der Waals surface area contributed by atoms with E-state index in [1.165, 1.54) is 5.56 Å². The number of carboxylic acids is 2. The van der Waals surface area contributed by atoms with Gasteiger partial charge in [0.15, 0.2) is 0 Å². The zero-order chi connectivity index (χ0) is 16.4. The molecule has 1 aliphatic heterocycles. The van der Waals surface area contributed by atoms with Crippen molar-refractivity contribution in [3.63, 3.8) is 0 Å². The van der Waals surface area contributed by atoms with E-state index in [-0.39, 0.29) is 12.0 Å². The van der Waals surface area contributed by atoms with E-state index >= 15 is 0 Å². The van der Waals surface area contributed by atoms with Crippen molar-refractivity contribution in [1.29, 1.82) is 0 Å². The van der Waals surface area contributed by atoms with Gasteiger partial charge in [-0.05, 0) is 48.1 Å². The number of hydrogen-bond donors (Lipinski definition) is 2. The zero-order valence-corrected chi connectivity index (χ0v) is 13.2. The zero-order valence-electron chi connectivity index (χ0n) is 12.4. The Labute approximate surface area is 138 Å². The van der Waals surface area contributed by atoms with Crippen molar-refractivity contribution in [1.82, 2.24) is 0 Å². The molecule has 0 atom stereocenters. The number of aromatic carboxylic acids is 1. The first kappa shape index (κ1) is 15.6. The number of carboxylic acid groups (broad SMARTS) is 2. The molecule has 0 spiro atoms. The molecule has 4 nitrogen and oxygen atoms in total. The van der Waals surface area contributed by atoms with Crippen LogP contribution in [0.15, 0.2) is 46.2 Å². The molecule has 23 heavy (non-hydrogen) atoms. The fraction of sp³-hybridized carbons (Fsp3) is 0.222. The maximum Gasteiger partial charge on any atom is 0.335 e. The van der Waals surface area contributed by atoms with E-state index in [1.54, 1.807) is 23.9 Å². The maximum atomic E-state index is 11.2. The summed E-state index contributed by atoms with van der Waals surface area (Å²) in [7, 11) is 0. The average Bonchev–Trinajstić information content (AvgIpc) is 2.71. The molecule has 2 aromatic carbocycles. The number of aliphatic carboxylic acids is 1. The predicted octanol–water partition coefficient (Wildman–Crippen LogP) is 3.65. The molecule has 0 radical (unpaired) electrons. The van der Waals surface area contributed by atoms with Gasteiger partial charge in [-0.3, -0.25) is 4.79 Å². The number of aryl methyl sites for hydroxylation is 3. The van der Waals surface area contributed by atoms with E-state index in [2.05, 4.69) is 6.07 Å². The second-order valence-corrected chi connectivity index (χ2v) is 6.58. The Bertz CT molecular complexity index is 783. The lowest BCUT2D eigenvalue weighted by Crippen LogP contribution is -2.00. The minimum atomic E-state index is -0.933. The van der Waals surface area contributed by atoms with Crippen molar-refractivity contribution >= 4 is 23.7 Å². The van der Waals surface area contributed by atoms with Crippen LogP contribution in [-0.2, 0) is 24.1 Å². The normalized spacial score (nSPS) is 12.9. The van der Waals surface area contributed by atoms with Crippen molar-refractivity contribution < 1.29 is 19.8 Å². The Hall–Kier alpha value is -2.27. The van der Waals surface area contributed by atoms with Gasteiger partial charge < -0.3 is 10.2 Å². The molecule has 0 saturated heterocycles. The van der Waals surface area contributed by atoms with E-state index in [4.69, 9.17) is 5.11 Å². The molecule has 118 valence electrons. The van der Waals surface area contributed by atoms with Gasteiger partial charge in [-0.2, -0.15) is 0 Å². The van der Waals surface area contributed by atoms with Crippen LogP contribution in [0.2, 0.25) is 0 Å². The number of rotatable bonds is 4. The molecule has 0 fully saturated rings. The highest BCUT2D eigenvalue weighted by Crippen LogP contribution is 2.40. The molecule has 0 amide bonds. The summed E-state index contributed by atoms with van der Waals surface area (Å²) < 4.78 is 0. The molecule has 3 rings (SSSR count). The van der Waals surface area contributed by atoms with E-state index in [0.29, 0.717) is 6.42 Å². The Balaban J connectivity index is 1.99. The minimum Gasteiger partial charge on any atom is -0.481 e. The molecule has 0 saturated carbocycles. The predicted molar refractivity (Wildman–Crippen MR) is 87.3 cm³/mol. The largest absolute Gasteiger partial charge is 0.481 e. The Morgan fingerprint density at radius 2 is 1.83 bits per heavy atom. The fourth-order valence-corrected chi connectivity index (χ4v) is 4.08. The summed E-state index contributed by atoms with van der Waals surface area (Å²) in [5.41, 5.74) is 3.64. The van der Waals surface area contributed by atoms with E-state index in [0.717, 1.165) is 33.8 Å². The van der Waals surface area contributed by atoms with Gasteiger partial charge in [0.2, 0.25) is 0 Å². The van der Waals surface area contributed by atoms with Gasteiger partial charge in [-0.25, -0.2) is 4.79 Å². The van der Waals surface area contributed by atoms with Crippen LogP contribution in [0.3, 0.4) is 0 Å². The lowest BCUT2D eigenvalue weighted by atomic mass is 10.0. The Morgan fingerprint density at radius 3 is 2.57 bits per heavy atom. The fourth-order valence-electron chi connectivity index (χ4n) is 2.77. The summed E-state index contributed by atoms with van der Waals surface area (Å²) in [5, 5.41) is 18.1. The Kier molecular flexibility index (Phi) is 4.39. The third-order valence-corrected chi connectivity index (χ3v) is 5.30. The van der Waals surface area contributed by atoms with Crippen LogP contribution in [-0.4, -0.2) is 22.2 Å². The van der Waals surface area contributed by atoms with Gasteiger partial charge in [0.05, 0.1) is 5.56 Å². The molecular formula is C18H16O4S. The first-order valence-corrected chi connectivity index (χ1v) is 8.23. The van der Waals surface area contributed by atoms with Gasteiger partial charge in [-0.1, -0.05) is 36.0 Å². The maximum absolute atomic E-state index is 11.2. The average molecular weight is 328 g/mol. The minimum absolute atomic E-state index is 0.0963. The van der Waals surface area contributed by atoms with Crippen LogP contribution in [0, 0.1) is 0 Å². The number of fused-ring (bicyclic) bond motifs is 2. The first-order valence-electron chi connectivity index (χ1n) is 7.41. The highest BCUT2D eigenvalue weighted by Gasteiger charge is 2.18. The van der Waals surface area contributed by atoms with Crippen LogP contribution in [0.25, 0.3) is 0 Å². The summed E-state index contributed by atoms with van der Waals surface area (Å²) in [4.78, 5) is 24.1. The topological polar surface area (TPSA) is 74.6 Å². The molecule has 1 aliphatic rings. The van der Waals surface area contributed by atoms with Crippen LogP contribution >= 0.6 is 11.8 Å². The quantitative estimate of drug-likeness (QED) is 0.896. The summed E-state index contributed by atoms with van der Waals surface area (Å²) >= 11 is 1.56. The molecule has 0 bridgehead atoms. The summed E-state index contributed by atoms with van der Waals surface area (Å²) in [6.07, 6.45) is 2.32. The SMILES string of the molecule is O=C(O)CCc1cccc2c1Sc1cc(C(=O)O)ccc1CC2. The van der Waals surface area contributed by atoms with Crippen LogP contribution in [0.1, 0.15) is 33.5 Å². The molecule has 5 heteroatoms.